The van der Waals surface area contributed by atoms with Crippen LogP contribution in [0.4, 0.5) is 0 Å². The van der Waals surface area contributed by atoms with Crippen molar-refractivity contribution in [3.63, 3.8) is 0 Å². The maximum Gasteiger partial charge on any atom is 0.0655 e. The molecule has 3 rings (SSSR count). The number of pyridine rings is 1. The highest BCUT2D eigenvalue weighted by molar-refractivity contribution is 5.26. The molecule has 110 valence electrons. The van der Waals surface area contributed by atoms with E-state index in [1.165, 1.54) is 30.5 Å². The molecule has 0 aromatic carbocycles. The largest absolute Gasteiger partial charge is 0.378 e. The summed E-state index contributed by atoms with van der Waals surface area (Å²) in [4.78, 5) is 4.62. The second-order valence-corrected chi connectivity index (χ2v) is 6.71. The molecule has 0 aliphatic heterocycles. The van der Waals surface area contributed by atoms with E-state index in [9.17, 15) is 0 Å². The molecule has 0 bridgehead atoms. The Balaban J connectivity index is 1.68. The summed E-state index contributed by atoms with van der Waals surface area (Å²) in [6, 6.07) is 5.24. The Kier molecular flexibility index (Phi) is 3.83. The van der Waals surface area contributed by atoms with Crippen molar-refractivity contribution >= 4 is 0 Å². The Labute approximate surface area is 122 Å². The molecule has 0 saturated heterocycles. The Hall–Kier alpha value is -0.930. The van der Waals surface area contributed by atoms with Gasteiger partial charge in [0, 0.05) is 30.3 Å². The van der Waals surface area contributed by atoms with Gasteiger partial charge in [-0.3, -0.25) is 4.98 Å². The van der Waals surface area contributed by atoms with Gasteiger partial charge in [-0.1, -0.05) is 19.9 Å². The molecule has 0 spiro atoms. The van der Waals surface area contributed by atoms with Gasteiger partial charge in [0.2, 0.25) is 0 Å². The minimum Gasteiger partial charge on any atom is -0.378 e. The van der Waals surface area contributed by atoms with E-state index < -0.39 is 0 Å². The molecule has 1 fully saturated rings. The zero-order valence-corrected chi connectivity index (χ0v) is 12.9. The molecule has 3 unspecified atom stereocenters. The maximum absolute atomic E-state index is 5.83. The van der Waals surface area contributed by atoms with Gasteiger partial charge < -0.3 is 10.1 Å². The average Bonchev–Trinajstić information content (AvgIpc) is 2.46. The molecule has 2 aliphatic carbocycles. The first-order valence-electron chi connectivity index (χ1n) is 7.94. The third-order valence-corrected chi connectivity index (χ3v) is 5.14. The van der Waals surface area contributed by atoms with Crippen molar-refractivity contribution in [2.75, 3.05) is 6.61 Å². The Morgan fingerprint density at radius 2 is 2.30 bits per heavy atom. The van der Waals surface area contributed by atoms with Crippen LogP contribution in [0.3, 0.4) is 0 Å². The van der Waals surface area contributed by atoms with Crippen LogP contribution in [-0.2, 0) is 11.2 Å². The first-order valence-corrected chi connectivity index (χ1v) is 7.94. The van der Waals surface area contributed by atoms with E-state index in [1.807, 2.05) is 6.20 Å². The number of nitrogens with one attached hydrogen (secondary N) is 1. The summed E-state index contributed by atoms with van der Waals surface area (Å²) in [5.74, 6) is 0. The first kappa shape index (κ1) is 14.0. The molecule has 1 N–H and O–H groups in total. The summed E-state index contributed by atoms with van der Waals surface area (Å²) in [5, 5.41) is 3.85. The second-order valence-electron chi connectivity index (χ2n) is 6.71. The van der Waals surface area contributed by atoms with E-state index in [0.717, 1.165) is 13.0 Å². The van der Waals surface area contributed by atoms with Gasteiger partial charge in [-0.15, -0.1) is 0 Å². The van der Waals surface area contributed by atoms with Crippen molar-refractivity contribution in [3.8, 4) is 0 Å². The molecule has 2 aliphatic rings. The molecule has 20 heavy (non-hydrogen) atoms. The standard InChI is InChI=1S/C17H26N2O/c1-4-20-15-11-14(17(15,2)3)19-13-9-5-7-12-8-6-10-18-16(12)13/h6,8,10,13-15,19H,4-5,7,9,11H2,1-3H3. The van der Waals surface area contributed by atoms with Crippen molar-refractivity contribution in [3.05, 3.63) is 29.6 Å². The van der Waals surface area contributed by atoms with Gasteiger partial charge in [-0.25, -0.2) is 0 Å². The minimum absolute atomic E-state index is 0.225. The molecule has 0 amide bonds. The van der Waals surface area contributed by atoms with Gasteiger partial charge in [0.15, 0.2) is 0 Å². The highest BCUT2D eigenvalue weighted by atomic mass is 16.5. The predicted molar refractivity (Wildman–Crippen MR) is 80.7 cm³/mol. The van der Waals surface area contributed by atoms with E-state index in [2.05, 4.69) is 43.2 Å². The number of aromatic nitrogens is 1. The predicted octanol–water partition coefficient (Wildman–Crippen LogP) is 3.25. The van der Waals surface area contributed by atoms with Crippen molar-refractivity contribution in [2.45, 2.75) is 64.6 Å². The number of hydrogen-bond donors (Lipinski definition) is 1. The number of nitrogens with zero attached hydrogens (tertiary/aromatic N) is 1. The highest BCUT2D eigenvalue weighted by Crippen LogP contribution is 2.44. The molecule has 1 saturated carbocycles. The smallest absolute Gasteiger partial charge is 0.0655 e. The average molecular weight is 274 g/mol. The van der Waals surface area contributed by atoms with Gasteiger partial charge >= 0.3 is 0 Å². The Morgan fingerprint density at radius 3 is 3.05 bits per heavy atom. The van der Waals surface area contributed by atoms with Crippen LogP contribution in [0.1, 0.15) is 57.3 Å². The maximum atomic E-state index is 5.83. The molecule has 3 heteroatoms. The third-order valence-electron chi connectivity index (χ3n) is 5.14. The van der Waals surface area contributed by atoms with Crippen molar-refractivity contribution in [1.82, 2.24) is 10.3 Å². The fourth-order valence-electron chi connectivity index (χ4n) is 3.67. The van der Waals surface area contributed by atoms with Gasteiger partial charge in [0.25, 0.3) is 0 Å². The van der Waals surface area contributed by atoms with Gasteiger partial charge in [-0.05, 0) is 44.2 Å². The summed E-state index contributed by atoms with van der Waals surface area (Å²) in [6.45, 7) is 7.53. The molecule has 0 radical (unpaired) electrons. The minimum atomic E-state index is 0.225. The van der Waals surface area contributed by atoms with Crippen LogP contribution < -0.4 is 5.32 Å². The number of rotatable bonds is 4. The Morgan fingerprint density at radius 1 is 1.45 bits per heavy atom. The monoisotopic (exact) mass is 274 g/mol. The van der Waals surface area contributed by atoms with Gasteiger partial charge in [-0.2, -0.15) is 0 Å². The SMILES string of the molecule is CCOC1CC(NC2CCCc3cccnc32)C1(C)C. The molecular formula is C17H26N2O. The first-order chi connectivity index (χ1) is 9.63. The van der Waals surface area contributed by atoms with Gasteiger partial charge in [0.1, 0.15) is 0 Å². The summed E-state index contributed by atoms with van der Waals surface area (Å²) in [7, 11) is 0. The van der Waals surface area contributed by atoms with Crippen molar-refractivity contribution in [1.29, 1.82) is 0 Å². The summed E-state index contributed by atoms with van der Waals surface area (Å²) in [5.41, 5.74) is 2.92. The molecule has 1 aromatic rings. The van der Waals surface area contributed by atoms with E-state index in [-0.39, 0.29) is 5.41 Å². The summed E-state index contributed by atoms with van der Waals surface area (Å²) < 4.78 is 5.83. The van der Waals surface area contributed by atoms with Crippen LogP contribution in [0.5, 0.6) is 0 Å². The van der Waals surface area contributed by atoms with Crippen molar-refractivity contribution in [2.24, 2.45) is 5.41 Å². The zero-order valence-electron chi connectivity index (χ0n) is 12.9. The van der Waals surface area contributed by atoms with Crippen LogP contribution in [0.2, 0.25) is 0 Å². The lowest BCUT2D eigenvalue weighted by Crippen LogP contribution is -2.61. The van der Waals surface area contributed by atoms with E-state index in [4.69, 9.17) is 4.74 Å². The number of ether oxygens (including phenoxy) is 1. The van der Waals surface area contributed by atoms with E-state index in [0.29, 0.717) is 18.2 Å². The number of fused-ring (bicyclic) bond motifs is 1. The normalized spacial score (nSPS) is 31.4. The highest BCUT2D eigenvalue weighted by Gasteiger charge is 2.49. The van der Waals surface area contributed by atoms with Gasteiger partial charge in [0.05, 0.1) is 11.8 Å². The molecular weight excluding hydrogens is 248 g/mol. The Bertz CT molecular complexity index is 472. The van der Waals surface area contributed by atoms with E-state index >= 15 is 0 Å². The third kappa shape index (κ3) is 2.38. The summed E-state index contributed by atoms with van der Waals surface area (Å²) >= 11 is 0. The van der Waals surface area contributed by atoms with Crippen LogP contribution in [0.15, 0.2) is 18.3 Å². The molecule has 3 atom stereocenters. The van der Waals surface area contributed by atoms with E-state index in [1.54, 1.807) is 0 Å². The van der Waals surface area contributed by atoms with Crippen LogP contribution in [0.25, 0.3) is 0 Å². The number of hydrogen-bond acceptors (Lipinski definition) is 3. The lowest BCUT2D eigenvalue weighted by atomic mass is 9.64. The second kappa shape index (κ2) is 5.45. The quantitative estimate of drug-likeness (QED) is 0.915. The lowest BCUT2D eigenvalue weighted by Gasteiger charge is -2.53. The lowest BCUT2D eigenvalue weighted by molar-refractivity contribution is -0.117. The zero-order chi connectivity index (χ0) is 14.2. The van der Waals surface area contributed by atoms with Crippen LogP contribution in [-0.4, -0.2) is 23.7 Å². The van der Waals surface area contributed by atoms with Crippen molar-refractivity contribution < 1.29 is 4.74 Å². The van der Waals surface area contributed by atoms with Crippen LogP contribution in [0, 0.1) is 5.41 Å². The van der Waals surface area contributed by atoms with Crippen LogP contribution >= 0.6 is 0 Å². The fourth-order valence-corrected chi connectivity index (χ4v) is 3.67. The fraction of sp³-hybridized carbons (Fsp3) is 0.706. The molecule has 1 heterocycles. The number of aryl methyl sites for hydroxylation is 1. The molecule has 1 aromatic heterocycles. The summed E-state index contributed by atoms with van der Waals surface area (Å²) in [6.07, 6.45) is 7.09. The topological polar surface area (TPSA) is 34.1 Å². The molecule has 3 nitrogen and oxygen atoms in total.